The smallest absolute Gasteiger partial charge is 0.185 e. The average molecular weight is 278 g/mol. The summed E-state index contributed by atoms with van der Waals surface area (Å²) in [6, 6.07) is 0.181. The largest absolute Gasteiger partial charge is 0.377 e. The van der Waals surface area contributed by atoms with Crippen molar-refractivity contribution in [1.29, 1.82) is 0 Å². The zero-order valence-electron chi connectivity index (χ0n) is 10.4. The van der Waals surface area contributed by atoms with E-state index in [-0.39, 0.29) is 18.7 Å². The van der Waals surface area contributed by atoms with Crippen LogP contribution in [0.15, 0.2) is 6.07 Å². The molecule has 0 bridgehead atoms. The number of benzene rings is 1. The summed E-state index contributed by atoms with van der Waals surface area (Å²) in [5.41, 5.74) is -0.797. The highest BCUT2D eigenvalue weighted by Crippen LogP contribution is 2.24. The molecule has 0 amide bonds. The molecule has 0 spiro atoms. The molecule has 1 aliphatic heterocycles. The van der Waals surface area contributed by atoms with Crippen LogP contribution >= 0.6 is 0 Å². The van der Waals surface area contributed by atoms with Crippen molar-refractivity contribution >= 4 is 5.69 Å². The van der Waals surface area contributed by atoms with E-state index in [9.17, 15) is 17.6 Å². The number of morpholine rings is 1. The quantitative estimate of drug-likeness (QED) is 0.676. The van der Waals surface area contributed by atoms with Gasteiger partial charge in [0.1, 0.15) is 5.69 Å². The Labute approximate surface area is 108 Å². The van der Waals surface area contributed by atoms with Crippen molar-refractivity contribution in [3.63, 3.8) is 0 Å². The van der Waals surface area contributed by atoms with Gasteiger partial charge in [-0.1, -0.05) is 0 Å². The van der Waals surface area contributed by atoms with Gasteiger partial charge in [-0.2, -0.15) is 0 Å². The lowest BCUT2D eigenvalue weighted by molar-refractivity contribution is -0.0117. The number of hydrogen-bond acceptors (Lipinski definition) is 3. The number of likely N-dealkylation sites (N-methyl/N-ethyl adjacent to an activating group) is 1. The fourth-order valence-electron chi connectivity index (χ4n) is 1.93. The number of rotatable bonds is 3. The van der Waals surface area contributed by atoms with Gasteiger partial charge in [0.15, 0.2) is 23.3 Å². The summed E-state index contributed by atoms with van der Waals surface area (Å²) in [4.78, 5) is 1.99. The highest BCUT2D eigenvalue weighted by Gasteiger charge is 2.22. The maximum absolute atomic E-state index is 13.4. The van der Waals surface area contributed by atoms with Crippen molar-refractivity contribution in [3.05, 3.63) is 29.3 Å². The molecule has 2 rings (SSSR count). The molecule has 3 nitrogen and oxygen atoms in total. The number of anilines is 1. The minimum atomic E-state index is -1.43. The molecular weight excluding hydrogens is 264 g/mol. The molecule has 1 heterocycles. The standard InChI is InChI=1S/C12H14F4N2O/c1-18-2-3-19-7(6-18)5-17-12-10(15)8(13)4-9(14)11(12)16/h4,7,17H,2-3,5-6H2,1H3. The third-order valence-electron chi connectivity index (χ3n) is 2.96. The zero-order valence-corrected chi connectivity index (χ0v) is 10.4. The van der Waals surface area contributed by atoms with Crippen LogP contribution in [0.3, 0.4) is 0 Å². The first-order valence-corrected chi connectivity index (χ1v) is 5.86. The van der Waals surface area contributed by atoms with Gasteiger partial charge in [-0.3, -0.25) is 0 Å². The number of hydrogen-bond donors (Lipinski definition) is 1. The van der Waals surface area contributed by atoms with Crippen LogP contribution in [0.5, 0.6) is 0 Å². The van der Waals surface area contributed by atoms with E-state index >= 15 is 0 Å². The predicted octanol–water partition coefficient (Wildman–Crippen LogP) is 1.99. The lowest BCUT2D eigenvalue weighted by Gasteiger charge is -2.30. The summed E-state index contributed by atoms with van der Waals surface area (Å²) in [7, 11) is 1.89. The SMILES string of the molecule is CN1CCOC(CNc2c(F)c(F)cc(F)c2F)C1. The molecule has 1 aromatic carbocycles. The van der Waals surface area contributed by atoms with E-state index in [0.717, 1.165) is 6.54 Å². The van der Waals surface area contributed by atoms with Crippen LogP contribution in [0.1, 0.15) is 0 Å². The molecule has 1 fully saturated rings. The van der Waals surface area contributed by atoms with E-state index in [0.29, 0.717) is 13.2 Å². The lowest BCUT2D eigenvalue weighted by atomic mass is 10.2. The van der Waals surface area contributed by atoms with E-state index in [2.05, 4.69) is 5.32 Å². The van der Waals surface area contributed by atoms with Crippen molar-refractivity contribution in [2.45, 2.75) is 6.10 Å². The summed E-state index contributed by atoms with van der Waals surface area (Å²) < 4.78 is 58.1. The second-order valence-electron chi connectivity index (χ2n) is 4.48. The van der Waals surface area contributed by atoms with E-state index in [1.807, 2.05) is 11.9 Å². The van der Waals surface area contributed by atoms with Crippen LogP contribution in [-0.2, 0) is 4.74 Å². The highest BCUT2D eigenvalue weighted by atomic mass is 19.2. The molecule has 1 unspecified atom stereocenters. The average Bonchev–Trinajstić information content (AvgIpc) is 2.36. The van der Waals surface area contributed by atoms with Crippen molar-refractivity contribution in [1.82, 2.24) is 4.90 Å². The molecular formula is C12H14F4N2O. The van der Waals surface area contributed by atoms with Gasteiger partial charge in [0.25, 0.3) is 0 Å². The van der Waals surface area contributed by atoms with Crippen LogP contribution in [0.2, 0.25) is 0 Å². The van der Waals surface area contributed by atoms with Crippen LogP contribution in [0.4, 0.5) is 23.2 Å². The van der Waals surface area contributed by atoms with Crippen LogP contribution in [0, 0.1) is 23.3 Å². The molecule has 19 heavy (non-hydrogen) atoms. The second-order valence-corrected chi connectivity index (χ2v) is 4.48. The number of nitrogens with one attached hydrogen (secondary N) is 1. The van der Waals surface area contributed by atoms with Crippen molar-refractivity contribution in [2.24, 2.45) is 0 Å². The predicted molar refractivity (Wildman–Crippen MR) is 62.0 cm³/mol. The first kappa shape index (κ1) is 14.1. The second kappa shape index (κ2) is 5.75. The van der Waals surface area contributed by atoms with Gasteiger partial charge in [-0.05, 0) is 7.05 Å². The molecule has 0 radical (unpaired) electrons. The van der Waals surface area contributed by atoms with Crippen LogP contribution < -0.4 is 5.32 Å². The fourth-order valence-corrected chi connectivity index (χ4v) is 1.93. The Morgan fingerprint density at radius 3 is 2.47 bits per heavy atom. The molecule has 0 aromatic heterocycles. The molecule has 106 valence electrons. The Kier molecular flexibility index (Phi) is 4.26. The van der Waals surface area contributed by atoms with Gasteiger partial charge in [-0.15, -0.1) is 0 Å². The van der Waals surface area contributed by atoms with Crippen LogP contribution in [-0.4, -0.2) is 44.3 Å². The van der Waals surface area contributed by atoms with E-state index in [1.54, 1.807) is 0 Å². The summed E-state index contributed by atoms with van der Waals surface area (Å²) in [5.74, 6) is -5.71. The molecule has 0 saturated carbocycles. The molecule has 7 heteroatoms. The van der Waals surface area contributed by atoms with E-state index in [1.165, 1.54) is 0 Å². The Hall–Kier alpha value is -1.34. The van der Waals surface area contributed by atoms with E-state index in [4.69, 9.17) is 4.74 Å². The van der Waals surface area contributed by atoms with Crippen molar-refractivity contribution in [2.75, 3.05) is 38.6 Å². The summed E-state index contributed by atoms with van der Waals surface area (Å²) in [6.45, 7) is 1.92. The normalized spacial score (nSPS) is 20.6. The van der Waals surface area contributed by atoms with Crippen molar-refractivity contribution < 1.29 is 22.3 Å². The Morgan fingerprint density at radius 1 is 1.26 bits per heavy atom. The molecule has 1 aliphatic rings. The number of nitrogens with zero attached hydrogens (tertiary/aromatic N) is 1. The van der Waals surface area contributed by atoms with Gasteiger partial charge in [0.2, 0.25) is 0 Å². The Balaban J connectivity index is 2.07. The molecule has 1 aromatic rings. The highest BCUT2D eigenvalue weighted by molar-refractivity contribution is 5.47. The molecule has 1 N–H and O–H groups in total. The third-order valence-corrected chi connectivity index (χ3v) is 2.96. The van der Waals surface area contributed by atoms with Gasteiger partial charge in [-0.25, -0.2) is 17.6 Å². The molecule has 1 atom stereocenters. The first-order chi connectivity index (χ1) is 8.99. The maximum Gasteiger partial charge on any atom is 0.185 e. The summed E-state index contributed by atoms with van der Waals surface area (Å²) in [5, 5.41) is 2.37. The zero-order chi connectivity index (χ0) is 14.0. The Bertz CT molecular complexity index is 443. The first-order valence-electron chi connectivity index (χ1n) is 5.86. The Morgan fingerprint density at radius 2 is 1.89 bits per heavy atom. The molecule has 1 saturated heterocycles. The molecule has 0 aliphatic carbocycles. The van der Waals surface area contributed by atoms with Gasteiger partial charge >= 0.3 is 0 Å². The monoisotopic (exact) mass is 278 g/mol. The lowest BCUT2D eigenvalue weighted by Crippen LogP contribution is -2.43. The van der Waals surface area contributed by atoms with Gasteiger partial charge < -0.3 is 15.0 Å². The minimum absolute atomic E-state index is 0.0705. The van der Waals surface area contributed by atoms with E-state index < -0.39 is 29.0 Å². The van der Waals surface area contributed by atoms with Crippen LogP contribution in [0.25, 0.3) is 0 Å². The number of ether oxygens (including phenoxy) is 1. The van der Waals surface area contributed by atoms with Crippen molar-refractivity contribution in [3.8, 4) is 0 Å². The maximum atomic E-state index is 13.4. The third kappa shape index (κ3) is 3.16. The number of halogens is 4. The minimum Gasteiger partial charge on any atom is -0.377 e. The summed E-state index contributed by atoms with van der Waals surface area (Å²) >= 11 is 0. The fraction of sp³-hybridized carbons (Fsp3) is 0.500. The summed E-state index contributed by atoms with van der Waals surface area (Å²) in [6.07, 6.45) is -0.288. The van der Waals surface area contributed by atoms with Gasteiger partial charge in [0.05, 0.1) is 12.7 Å². The topological polar surface area (TPSA) is 24.5 Å². The van der Waals surface area contributed by atoms with Gasteiger partial charge in [0, 0.05) is 25.7 Å².